The van der Waals surface area contributed by atoms with Crippen LogP contribution in [0.4, 0.5) is 11.4 Å². The number of morpholine rings is 1. The van der Waals surface area contributed by atoms with Gasteiger partial charge in [0.2, 0.25) is 15.9 Å². The van der Waals surface area contributed by atoms with E-state index in [9.17, 15) is 13.2 Å². The Morgan fingerprint density at radius 2 is 1.53 bits per heavy atom. The van der Waals surface area contributed by atoms with Crippen LogP contribution >= 0.6 is 11.6 Å². The van der Waals surface area contributed by atoms with Crippen LogP contribution in [0.1, 0.15) is 0 Å². The van der Waals surface area contributed by atoms with Crippen LogP contribution in [0.5, 0.6) is 0 Å². The highest BCUT2D eigenvalue weighted by Crippen LogP contribution is 2.21. The molecule has 0 radical (unpaired) electrons. The van der Waals surface area contributed by atoms with Crippen molar-refractivity contribution in [3.05, 3.63) is 53.6 Å². The Morgan fingerprint density at radius 1 is 0.906 bits per heavy atom. The maximum Gasteiger partial charge on any atom is 0.243 e. The fourth-order valence-corrected chi connectivity index (χ4v) is 5.40. The highest BCUT2D eigenvalue weighted by Gasteiger charge is 2.26. The largest absolute Gasteiger partial charge is 0.379 e. The lowest BCUT2D eigenvalue weighted by Gasteiger charge is -2.35. The number of amides is 1. The van der Waals surface area contributed by atoms with Crippen molar-refractivity contribution < 1.29 is 17.9 Å². The maximum atomic E-state index is 12.7. The molecule has 2 aliphatic rings. The summed E-state index contributed by atoms with van der Waals surface area (Å²) < 4.78 is 32.0. The maximum absolute atomic E-state index is 12.7. The van der Waals surface area contributed by atoms with Gasteiger partial charge in [-0.3, -0.25) is 9.69 Å². The van der Waals surface area contributed by atoms with E-state index in [1.807, 2.05) is 24.3 Å². The predicted molar refractivity (Wildman–Crippen MR) is 125 cm³/mol. The Morgan fingerprint density at radius 3 is 2.16 bits per heavy atom. The van der Waals surface area contributed by atoms with Gasteiger partial charge in [0.1, 0.15) is 0 Å². The number of nitrogens with zero attached hydrogens (tertiary/aromatic N) is 3. The zero-order valence-electron chi connectivity index (χ0n) is 17.7. The number of carbonyl (C=O) groups is 1. The van der Waals surface area contributed by atoms with E-state index in [1.165, 1.54) is 16.4 Å². The monoisotopic (exact) mass is 478 g/mol. The zero-order valence-corrected chi connectivity index (χ0v) is 19.3. The molecular weight excluding hydrogens is 452 g/mol. The lowest BCUT2D eigenvalue weighted by Crippen LogP contribution is -2.48. The van der Waals surface area contributed by atoms with Gasteiger partial charge in [-0.2, -0.15) is 4.31 Å². The SMILES string of the molecule is O=C(CN1CCN(c2ccc(Cl)cc2)CC1)Nc1ccc(S(=O)(=O)N2CCOCC2)cc1. The van der Waals surface area contributed by atoms with Crippen molar-refractivity contribution in [2.24, 2.45) is 0 Å². The molecular formula is C22H27ClN4O4S. The zero-order chi connectivity index (χ0) is 22.6. The van der Waals surface area contributed by atoms with Gasteiger partial charge in [0.15, 0.2) is 0 Å². The smallest absolute Gasteiger partial charge is 0.243 e. The summed E-state index contributed by atoms with van der Waals surface area (Å²) in [4.78, 5) is 17.1. The average molecular weight is 479 g/mol. The van der Waals surface area contributed by atoms with E-state index in [-0.39, 0.29) is 10.8 Å². The summed E-state index contributed by atoms with van der Waals surface area (Å²) in [6.45, 7) is 5.05. The lowest BCUT2D eigenvalue weighted by molar-refractivity contribution is -0.117. The molecule has 1 N–H and O–H groups in total. The second kappa shape index (κ2) is 10.2. The fourth-order valence-electron chi connectivity index (χ4n) is 3.87. The third-order valence-electron chi connectivity index (χ3n) is 5.68. The molecule has 2 aromatic rings. The number of benzene rings is 2. The van der Waals surface area contributed by atoms with Gasteiger partial charge in [-0.05, 0) is 48.5 Å². The number of halogens is 1. The minimum atomic E-state index is -3.54. The standard InChI is InChI=1S/C22H27ClN4O4S/c23-18-1-5-20(6-2-18)26-11-9-25(10-12-26)17-22(28)24-19-3-7-21(8-4-19)32(29,30)27-13-15-31-16-14-27/h1-8H,9-17H2,(H,24,28). The van der Waals surface area contributed by atoms with Crippen molar-refractivity contribution >= 4 is 38.9 Å². The van der Waals surface area contributed by atoms with E-state index >= 15 is 0 Å². The molecule has 2 saturated heterocycles. The molecule has 1 amide bonds. The van der Waals surface area contributed by atoms with Gasteiger partial charge < -0.3 is 15.0 Å². The molecule has 4 rings (SSSR count). The van der Waals surface area contributed by atoms with E-state index < -0.39 is 10.0 Å². The Balaban J connectivity index is 1.27. The van der Waals surface area contributed by atoms with Crippen molar-refractivity contribution in [1.29, 1.82) is 0 Å². The molecule has 0 unspecified atom stereocenters. The Labute approximate surface area is 193 Å². The summed E-state index contributed by atoms with van der Waals surface area (Å²) >= 11 is 5.96. The summed E-state index contributed by atoms with van der Waals surface area (Å²) in [5, 5.41) is 3.58. The Bertz CT molecular complexity index is 1020. The molecule has 2 aromatic carbocycles. The number of nitrogens with one attached hydrogen (secondary N) is 1. The number of anilines is 2. The van der Waals surface area contributed by atoms with E-state index in [0.29, 0.717) is 38.5 Å². The highest BCUT2D eigenvalue weighted by atomic mass is 35.5. The molecule has 10 heteroatoms. The molecule has 172 valence electrons. The number of rotatable bonds is 6. The van der Waals surface area contributed by atoms with E-state index in [1.54, 1.807) is 12.1 Å². The summed E-state index contributed by atoms with van der Waals surface area (Å²) in [6.07, 6.45) is 0. The van der Waals surface area contributed by atoms with Crippen LogP contribution in [0.25, 0.3) is 0 Å². The second-order valence-corrected chi connectivity index (χ2v) is 10.2. The first-order valence-corrected chi connectivity index (χ1v) is 12.4. The molecule has 0 bridgehead atoms. The van der Waals surface area contributed by atoms with Gasteiger partial charge in [0.25, 0.3) is 0 Å². The minimum Gasteiger partial charge on any atom is -0.379 e. The van der Waals surface area contributed by atoms with Crippen molar-refractivity contribution in [2.75, 3.05) is 69.2 Å². The van der Waals surface area contributed by atoms with Gasteiger partial charge in [-0.15, -0.1) is 0 Å². The molecule has 2 fully saturated rings. The molecule has 0 atom stereocenters. The number of hydrogen-bond donors (Lipinski definition) is 1. The minimum absolute atomic E-state index is 0.117. The number of hydrogen-bond acceptors (Lipinski definition) is 6. The topological polar surface area (TPSA) is 82.2 Å². The molecule has 32 heavy (non-hydrogen) atoms. The van der Waals surface area contributed by atoms with Crippen LogP contribution in [0.15, 0.2) is 53.4 Å². The Kier molecular flexibility index (Phi) is 7.32. The quantitative estimate of drug-likeness (QED) is 0.685. The number of sulfonamides is 1. The van der Waals surface area contributed by atoms with Crippen LogP contribution < -0.4 is 10.2 Å². The van der Waals surface area contributed by atoms with Crippen molar-refractivity contribution in [3.8, 4) is 0 Å². The van der Waals surface area contributed by atoms with Gasteiger partial charge in [0.05, 0.1) is 24.7 Å². The first-order chi connectivity index (χ1) is 15.4. The van der Waals surface area contributed by atoms with Gasteiger partial charge >= 0.3 is 0 Å². The molecule has 2 heterocycles. The van der Waals surface area contributed by atoms with Crippen LogP contribution in [-0.2, 0) is 19.6 Å². The lowest BCUT2D eigenvalue weighted by atomic mass is 10.2. The summed E-state index contributed by atoms with van der Waals surface area (Å²) in [6, 6.07) is 14.1. The summed E-state index contributed by atoms with van der Waals surface area (Å²) in [5.41, 5.74) is 1.71. The first kappa shape index (κ1) is 23.0. The second-order valence-electron chi connectivity index (χ2n) is 7.83. The van der Waals surface area contributed by atoms with Gasteiger partial charge in [-0.1, -0.05) is 11.6 Å². The highest BCUT2D eigenvalue weighted by molar-refractivity contribution is 7.89. The summed E-state index contributed by atoms with van der Waals surface area (Å²) in [5.74, 6) is -0.117. The molecule has 0 aliphatic carbocycles. The van der Waals surface area contributed by atoms with Crippen LogP contribution in [0.2, 0.25) is 5.02 Å². The first-order valence-electron chi connectivity index (χ1n) is 10.6. The van der Waals surface area contributed by atoms with Crippen LogP contribution in [-0.4, -0.2) is 82.6 Å². The molecule has 0 aromatic heterocycles. The van der Waals surface area contributed by atoms with E-state index in [2.05, 4.69) is 15.1 Å². The number of piperazine rings is 1. The van der Waals surface area contributed by atoms with Crippen molar-refractivity contribution in [3.63, 3.8) is 0 Å². The van der Waals surface area contributed by atoms with Crippen molar-refractivity contribution in [1.82, 2.24) is 9.21 Å². The Hall–Kier alpha value is -2.17. The third kappa shape index (κ3) is 5.60. The summed E-state index contributed by atoms with van der Waals surface area (Å²) in [7, 11) is -3.54. The van der Waals surface area contributed by atoms with Crippen LogP contribution in [0, 0.1) is 0 Å². The van der Waals surface area contributed by atoms with E-state index in [4.69, 9.17) is 16.3 Å². The molecule has 0 spiro atoms. The fraction of sp³-hybridized carbons (Fsp3) is 0.409. The molecule has 2 aliphatic heterocycles. The molecule has 0 saturated carbocycles. The number of carbonyl (C=O) groups excluding carboxylic acids is 1. The molecule has 8 nitrogen and oxygen atoms in total. The number of ether oxygens (including phenoxy) is 1. The van der Waals surface area contributed by atoms with E-state index in [0.717, 1.165) is 36.9 Å². The predicted octanol–water partition coefficient (Wildman–Crippen LogP) is 2.12. The van der Waals surface area contributed by atoms with Gasteiger partial charge in [0, 0.05) is 55.7 Å². The average Bonchev–Trinajstić information content (AvgIpc) is 2.81. The van der Waals surface area contributed by atoms with Gasteiger partial charge in [-0.25, -0.2) is 8.42 Å². The third-order valence-corrected chi connectivity index (χ3v) is 7.84. The van der Waals surface area contributed by atoms with Crippen molar-refractivity contribution in [2.45, 2.75) is 4.90 Å². The van der Waals surface area contributed by atoms with Crippen LogP contribution in [0.3, 0.4) is 0 Å². The normalized spacial score (nSPS) is 18.5.